The maximum Gasteiger partial charge on any atom is 0.274 e. The summed E-state index contributed by atoms with van der Waals surface area (Å²) in [6, 6.07) is 0. The van der Waals surface area contributed by atoms with Gasteiger partial charge in [0, 0.05) is 25.6 Å². The standard InChI is InChI=1S/C13H20ClN5O4/c1-3-22-13(23-4-2)8-16-11(7-19(20)21)18(9-13)10-17-6-5-15-12(17)14/h5-7,16H,3-4,8-10H2,1-2H3/b11-7+. The van der Waals surface area contributed by atoms with E-state index in [1.807, 2.05) is 13.8 Å². The van der Waals surface area contributed by atoms with Crippen molar-refractivity contribution in [1.82, 2.24) is 19.8 Å². The van der Waals surface area contributed by atoms with E-state index in [-0.39, 0.29) is 6.67 Å². The summed E-state index contributed by atoms with van der Waals surface area (Å²) in [6.07, 6.45) is 4.19. The maximum absolute atomic E-state index is 10.9. The lowest BCUT2D eigenvalue weighted by Gasteiger charge is -2.43. The molecule has 0 aromatic carbocycles. The van der Waals surface area contributed by atoms with Crippen molar-refractivity contribution in [2.75, 3.05) is 26.3 Å². The molecule has 9 nitrogen and oxygen atoms in total. The van der Waals surface area contributed by atoms with E-state index in [1.54, 1.807) is 21.9 Å². The van der Waals surface area contributed by atoms with Gasteiger partial charge in [0.15, 0.2) is 5.82 Å². The van der Waals surface area contributed by atoms with Crippen LogP contribution in [0.15, 0.2) is 24.4 Å². The fourth-order valence-corrected chi connectivity index (χ4v) is 2.65. The first-order valence-electron chi connectivity index (χ1n) is 7.28. The molecular weight excluding hydrogens is 326 g/mol. The topological polar surface area (TPSA) is 94.7 Å². The van der Waals surface area contributed by atoms with Crippen LogP contribution in [-0.4, -0.2) is 51.5 Å². The molecule has 0 spiro atoms. The molecule has 2 rings (SSSR count). The molecule has 128 valence electrons. The smallest absolute Gasteiger partial charge is 0.274 e. The third kappa shape index (κ3) is 4.34. The first-order chi connectivity index (χ1) is 11.0. The fraction of sp³-hybridized carbons (Fsp3) is 0.615. The number of imidazole rings is 1. The Morgan fingerprint density at radius 1 is 1.52 bits per heavy atom. The van der Waals surface area contributed by atoms with Gasteiger partial charge in [-0.1, -0.05) is 0 Å². The molecule has 23 heavy (non-hydrogen) atoms. The van der Waals surface area contributed by atoms with Crippen molar-refractivity contribution < 1.29 is 14.4 Å². The molecule has 1 aliphatic heterocycles. The Kier molecular flexibility index (Phi) is 5.80. The molecule has 1 aliphatic rings. The Bertz CT molecular complexity index is 570. The SMILES string of the molecule is CCOC1(OCC)CN/C(=C\[N+](=O)[O-])N(Cn2ccnc2Cl)C1. The largest absolute Gasteiger partial charge is 0.361 e. The number of rotatable bonds is 7. The molecule has 0 amide bonds. The van der Waals surface area contributed by atoms with Crippen molar-refractivity contribution in [3.63, 3.8) is 0 Å². The molecule has 1 aromatic rings. The normalized spacial score (nSPS) is 18.9. The Labute approximate surface area is 139 Å². The fourth-order valence-electron chi connectivity index (χ4n) is 2.48. The van der Waals surface area contributed by atoms with Crippen LogP contribution in [0.4, 0.5) is 0 Å². The molecule has 1 aromatic heterocycles. The number of halogens is 1. The number of nitro groups is 1. The molecule has 0 radical (unpaired) electrons. The highest BCUT2D eigenvalue weighted by Crippen LogP contribution is 2.23. The van der Waals surface area contributed by atoms with Gasteiger partial charge in [-0.15, -0.1) is 0 Å². The Balaban J connectivity index is 2.25. The van der Waals surface area contributed by atoms with E-state index in [4.69, 9.17) is 21.1 Å². The van der Waals surface area contributed by atoms with Crippen LogP contribution < -0.4 is 5.32 Å². The highest BCUT2D eigenvalue weighted by atomic mass is 35.5. The van der Waals surface area contributed by atoms with Gasteiger partial charge in [0.05, 0.1) is 24.7 Å². The second-order valence-corrected chi connectivity index (χ2v) is 5.27. The van der Waals surface area contributed by atoms with Crippen molar-refractivity contribution in [1.29, 1.82) is 0 Å². The molecule has 0 saturated carbocycles. The molecule has 0 aliphatic carbocycles. The zero-order chi connectivity index (χ0) is 16.9. The lowest BCUT2D eigenvalue weighted by atomic mass is 10.2. The Morgan fingerprint density at radius 3 is 2.74 bits per heavy atom. The maximum atomic E-state index is 10.9. The number of hydrogen-bond acceptors (Lipinski definition) is 7. The molecular formula is C13H20ClN5O4. The van der Waals surface area contributed by atoms with Gasteiger partial charge in [0.1, 0.15) is 0 Å². The van der Waals surface area contributed by atoms with Crippen molar-refractivity contribution in [3.05, 3.63) is 39.8 Å². The summed E-state index contributed by atoms with van der Waals surface area (Å²) < 4.78 is 13.2. The highest BCUT2D eigenvalue weighted by molar-refractivity contribution is 6.28. The third-order valence-electron chi connectivity index (χ3n) is 3.34. The van der Waals surface area contributed by atoms with Gasteiger partial charge in [-0.05, 0) is 25.4 Å². The van der Waals surface area contributed by atoms with E-state index in [0.717, 1.165) is 6.20 Å². The Morgan fingerprint density at radius 2 is 2.22 bits per heavy atom. The molecule has 1 fully saturated rings. The summed E-state index contributed by atoms with van der Waals surface area (Å²) in [5.74, 6) is -0.500. The molecule has 2 heterocycles. The predicted molar refractivity (Wildman–Crippen MR) is 83.0 cm³/mol. The Hall–Kier alpha value is -1.84. The average molecular weight is 346 g/mol. The van der Waals surface area contributed by atoms with Crippen molar-refractivity contribution in [3.8, 4) is 0 Å². The number of aromatic nitrogens is 2. The molecule has 10 heteroatoms. The zero-order valence-electron chi connectivity index (χ0n) is 13.1. The van der Waals surface area contributed by atoms with Gasteiger partial charge < -0.3 is 24.3 Å². The van der Waals surface area contributed by atoms with E-state index in [9.17, 15) is 10.1 Å². The van der Waals surface area contributed by atoms with Crippen LogP contribution in [0, 0.1) is 10.1 Å². The monoisotopic (exact) mass is 345 g/mol. The van der Waals surface area contributed by atoms with Crippen LogP contribution in [-0.2, 0) is 16.1 Å². The number of nitrogens with one attached hydrogen (secondary N) is 1. The van der Waals surface area contributed by atoms with Crippen LogP contribution >= 0.6 is 11.6 Å². The molecule has 0 unspecified atom stereocenters. The van der Waals surface area contributed by atoms with Crippen LogP contribution in [0.25, 0.3) is 0 Å². The van der Waals surface area contributed by atoms with Gasteiger partial charge in [0.2, 0.25) is 11.1 Å². The number of nitrogens with zero attached hydrogens (tertiary/aromatic N) is 4. The molecule has 1 N–H and O–H groups in total. The van der Waals surface area contributed by atoms with E-state index in [1.165, 1.54) is 0 Å². The third-order valence-corrected chi connectivity index (χ3v) is 3.66. The minimum atomic E-state index is -0.871. The van der Waals surface area contributed by atoms with Crippen molar-refractivity contribution >= 4 is 11.6 Å². The van der Waals surface area contributed by atoms with E-state index in [0.29, 0.717) is 37.4 Å². The summed E-state index contributed by atoms with van der Waals surface area (Å²) in [4.78, 5) is 16.0. The zero-order valence-corrected chi connectivity index (χ0v) is 13.8. The minimum absolute atomic E-state index is 0.285. The van der Waals surface area contributed by atoms with Crippen LogP contribution in [0.5, 0.6) is 0 Å². The summed E-state index contributed by atoms with van der Waals surface area (Å²) in [6.45, 7) is 5.62. The second-order valence-electron chi connectivity index (χ2n) is 4.94. The number of hydrogen-bond donors (Lipinski definition) is 1. The first kappa shape index (κ1) is 17.5. The summed E-state index contributed by atoms with van der Waals surface area (Å²) >= 11 is 5.99. The molecule has 0 bridgehead atoms. The second kappa shape index (κ2) is 7.62. The lowest BCUT2D eigenvalue weighted by molar-refractivity contribution is -0.405. The average Bonchev–Trinajstić information content (AvgIpc) is 2.88. The van der Waals surface area contributed by atoms with Gasteiger partial charge >= 0.3 is 0 Å². The van der Waals surface area contributed by atoms with E-state index < -0.39 is 10.7 Å². The van der Waals surface area contributed by atoms with E-state index >= 15 is 0 Å². The van der Waals surface area contributed by atoms with Crippen LogP contribution in [0.1, 0.15) is 13.8 Å². The molecule has 1 saturated heterocycles. The summed E-state index contributed by atoms with van der Waals surface area (Å²) in [5, 5.41) is 14.2. The van der Waals surface area contributed by atoms with Crippen molar-refractivity contribution in [2.45, 2.75) is 26.3 Å². The van der Waals surface area contributed by atoms with E-state index in [2.05, 4.69) is 10.3 Å². The first-order valence-corrected chi connectivity index (χ1v) is 7.66. The van der Waals surface area contributed by atoms with Crippen molar-refractivity contribution in [2.24, 2.45) is 0 Å². The van der Waals surface area contributed by atoms with Gasteiger partial charge in [-0.2, -0.15) is 0 Å². The highest BCUT2D eigenvalue weighted by Gasteiger charge is 2.40. The minimum Gasteiger partial charge on any atom is -0.361 e. The van der Waals surface area contributed by atoms with Crippen LogP contribution in [0.3, 0.4) is 0 Å². The van der Waals surface area contributed by atoms with Gasteiger partial charge in [0.25, 0.3) is 6.20 Å². The molecule has 0 atom stereocenters. The van der Waals surface area contributed by atoms with Gasteiger partial charge in [-0.25, -0.2) is 4.98 Å². The predicted octanol–water partition coefficient (Wildman–Crippen LogP) is 1.24. The summed E-state index contributed by atoms with van der Waals surface area (Å²) in [7, 11) is 0. The van der Waals surface area contributed by atoms with Crippen LogP contribution in [0.2, 0.25) is 5.28 Å². The number of ether oxygens (including phenoxy) is 2. The lowest BCUT2D eigenvalue weighted by Crippen LogP contribution is -2.59. The quantitative estimate of drug-likeness (QED) is 0.451. The van der Waals surface area contributed by atoms with Gasteiger partial charge in [-0.3, -0.25) is 10.1 Å². The summed E-state index contributed by atoms with van der Waals surface area (Å²) in [5.41, 5.74) is 0.